The van der Waals surface area contributed by atoms with E-state index < -0.39 is 6.04 Å². The lowest BCUT2D eigenvalue weighted by Gasteiger charge is -2.30. The molecule has 5 nitrogen and oxygen atoms in total. The lowest BCUT2D eigenvalue weighted by atomic mass is 9.83. The van der Waals surface area contributed by atoms with Crippen LogP contribution in [-0.4, -0.2) is 16.3 Å². The number of benzene rings is 3. The zero-order chi connectivity index (χ0) is 24.8. The van der Waals surface area contributed by atoms with Gasteiger partial charge in [-0.3, -0.25) is 9.36 Å². The molecule has 2 aliphatic rings. The molecule has 36 heavy (non-hydrogen) atoms. The molecule has 3 aromatic carbocycles. The van der Waals surface area contributed by atoms with Crippen molar-refractivity contribution in [1.82, 2.24) is 4.57 Å². The van der Waals surface area contributed by atoms with E-state index in [-0.39, 0.29) is 17.1 Å². The first-order chi connectivity index (χ1) is 17.5. The number of ether oxygens (including phenoxy) is 1. The van der Waals surface area contributed by atoms with Gasteiger partial charge in [-0.05, 0) is 72.4 Å². The number of aromatic hydroxyl groups is 1. The van der Waals surface area contributed by atoms with Gasteiger partial charge in [-0.15, -0.1) is 0 Å². The Labute approximate surface area is 210 Å². The molecule has 0 fully saturated rings. The molecule has 0 bridgehead atoms. The minimum atomic E-state index is -0.429. The Morgan fingerprint density at radius 1 is 1.14 bits per heavy atom. The standard InChI is InChI=1S/C29H23FN2O3S/c1-2-35-24-14-17(10-13-23(24)33)15-25-28(34)32-27(19-7-5-8-20(30)16-19)22-12-11-18-6-3-4-9-21(18)26(22)31-29(32)36-25/h3-10,13-16,27,33H,2,11-12H2,1H3/b25-15-/t27-/m1/s1. The van der Waals surface area contributed by atoms with E-state index in [9.17, 15) is 14.3 Å². The van der Waals surface area contributed by atoms with Gasteiger partial charge in [0.25, 0.3) is 5.56 Å². The molecule has 6 rings (SSSR count). The molecular formula is C29H23FN2O3S. The predicted molar refractivity (Wildman–Crippen MR) is 138 cm³/mol. The van der Waals surface area contributed by atoms with Gasteiger partial charge in [0.05, 0.1) is 22.9 Å². The van der Waals surface area contributed by atoms with Crippen LogP contribution >= 0.6 is 11.3 Å². The molecule has 0 saturated heterocycles. The maximum Gasteiger partial charge on any atom is 0.271 e. The summed E-state index contributed by atoms with van der Waals surface area (Å²) in [5.41, 5.74) is 5.49. The number of nitrogens with zero attached hydrogens (tertiary/aromatic N) is 2. The van der Waals surface area contributed by atoms with Crippen LogP contribution in [0.2, 0.25) is 0 Å². The summed E-state index contributed by atoms with van der Waals surface area (Å²) in [6.07, 6.45) is 3.37. The minimum Gasteiger partial charge on any atom is -0.504 e. The van der Waals surface area contributed by atoms with Crippen LogP contribution in [0, 0.1) is 5.82 Å². The number of aryl methyl sites for hydroxylation is 1. The van der Waals surface area contributed by atoms with Gasteiger partial charge >= 0.3 is 0 Å². The van der Waals surface area contributed by atoms with Crippen molar-refractivity contribution in [2.24, 2.45) is 4.99 Å². The fraction of sp³-hybridized carbons (Fsp3) is 0.172. The van der Waals surface area contributed by atoms with E-state index in [0.717, 1.165) is 40.8 Å². The molecular weight excluding hydrogens is 475 g/mol. The molecule has 2 heterocycles. The van der Waals surface area contributed by atoms with Gasteiger partial charge < -0.3 is 9.84 Å². The molecule has 1 atom stereocenters. The van der Waals surface area contributed by atoms with Gasteiger partial charge in [-0.2, -0.15) is 0 Å². The van der Waals surface area contributed by atoms with Gasteiger partial charge in [0, 0.05) is 5.56 Å². The van der Waals surface area contributed by atoms with Crippen LogP contribution < -0.4 is 19.6 Å². The van der Waals surface area contributed by atoms with Crippen LogP contribution in [0.1, 0.15) is 41.6 Å². The summed E-state index contributed by atoms with van der Waals surface area (Å²) in [4.78, 5) is 19.3. The zero-order valence-corrected chi connectivity index (χ0v) is 20.4. The Balaban J connectivity index is 1.59. The Kier molecular flexibility index (Phi) is 5.57. The molecule has 1 aliphatic heterocycles. The third-order valence-electron chi connectivity index (χ3n) is 6.62. The summed E-state index contributed by atoms with van der Waals surface area (Å²) < 4.78 is 22.0. The Bertz CT molecular complexity index is 1720. The Morgan fingerprint density at radius 3 is 2.83 bits per heavy atom. The molecule has 0 amide bonds. The van der Waals surface area contributed by atoms with Crippen molar-refractivity contribution in [1.29, 1.82) is 0 Å². The summed E-state index contributed by atoms with van der Waals surface area (Å²) in [6.45, 7) is 2.26. The van der Waals surface area contributed by atoms with Gasteiger partial charge in [-0.1, -0.05) is 53.8 Å². The van der Waals surface area contributed by atoms with Crippen molar-refractivity contribution < 1.29 is 14.2 Å². The Hall–Kier alpha value is -3.97. The summed E-state index contributed by atoms with van der Waals surface area (Å²) >= 11 is 1.31. The molecule has 1 aliphatic carbocycles. The van der Waals surface area contributed by atoms with Crippen LogP contribution in [-0.2, 0) is 6.42 Å². The van der Waals surface area contributed by atoms with Gasteiger partial charge in [0.1, 0.15) is 5.82 Å². The number of thiazole rings is 1. The molecule has 0 saturated carbocycles. The highest BCUT2D eigenvalue weighted by molar-refractivity contribution is 7.07. The first-order valence-corrected chi connectivity index (χ1v) is 12.7. The van der Waals surface area contributed by atoms with Crippen molar-refractivity contribution >= 4 is 23.1 Å². The van der Waals surface area contributed by atoms with E-state index >= 15 is 0 Å². The number of hydrogen-bond donors (Lipinski definition) is 1. The van der Waals surface area contributed by atoms with E-state index in [1.165, 1.54) is 29.0 Å². The first kappa shape index (κ1) is 22.5. The number of hydrogen-bond acceptors (Lipinski definition) is 5. The van der Waals surface area contributed by atoms with Crippen LogP contribution in [0.4, 0.5) is 4.39 Å². The number of allylic oxidation sites excluding steroid dienone is 1. The summed E-state index contributed by atoms with van der Waals surface area (Å²) in [5.74, 6) is 0.0779. The maximum absolute atomic E-state index is 14.3. The number of phenols is 1. The normalized spacial score (nSPS) is 16.7. The SMILES string of the molecule is CCOc1cc(/C=c2\sc3n(c2=O)[C@H](c2cccc(F)c2)C2=C(N=3)c3ccccc3CC2)ccc1O. The lowest BCUT2D eigenvalue weighted by molar-refractivity contribution is 0.318. The maximum atomic E-state index is 14.3. The fourth-order valence-corrected chi connectivity index (χ4v) is 6.04. The molecule has 1 N–H and O–H groups in total. The van der Waals surface area contributed by atoms with Gasteiger partial charge in [0.15, 0.2) is 16.3 Å². The first-order valence-electron chi connectivity index (χ1n) is 11.9. The van der Waals surface area contributed by atoms with Crippen molar-refractivity contribution in [2.75, 3.05) is 6.61 Å². The Morgan fingerprint density at radius 2 is 2.00 bits per heavy atom. The van der Waals surface area contributed by atoms with E-state index in [2.05, 4.69) is 12.1 Å². The van der Waals surface area contributed by atoms with E-state index in [0.29, 0.717) is 21.7 Å². The molecule has 180 valence electrons. The second kappa shape index (κ2) is 8.91. The largest absolute Gasteiger partial charge is 0.504 e. The van der Waals surface area contributed by atoms with Gasteiger partial charge in [0.2, 0.25) is 0 Å². The number of halogens is 1. The molecule has 7 heteroatoms. The van der Waals surface area contributed by atoms with Crippen molar-refractivity contribution in [3.63, 3.8) is 0 Å². The average Bonchev–Trinajstić information content (AvgIpc) is 3.19. The predicted octanol–water partition coefficient (Wildman–Crippen LogP) is 4.56. The number of fused-ring (bicyclic) bond motifs is 3. The minimum absolute atomic E-state index is 0.0490. The number of aromatic nitrogens is 1. The van der Waals surface area contributed by atoms with Crippen LogP contribution in [0.3, 0.4) is 0 Å². The number of rotatable bonds is 4. The van der Waals surface area contributed by atoms with Gasteiger partial charge in [-0.25, -0.2) is 9.38 Å². The summed E-state index contributed by atoms with van der Waals surface area (Å²) in [7, 11) is 0. The van der Waals surface area contributed by atoms with E-state index in [1.54, 1.807) is 34.9 Å². The highest BCUT2D eigenvalue weighted by Crippen LogP contribution is 2.41. The van der Waals surface area contributed by atoms with Crippen LogP contribution in [0.15, 0.2) is 82.1 Å². The monoisotopic (exact) mass is 498 g/mol. The molecule has 0 unspecified atom stereocenters. The zero-order valence-electron chi connectivity index (χ0n) is 19.6. The third kappa shape index (κ3) is 3.76. The quantitative estimate of drug-likeness (QED) is 0.449. The molecule has 0 radical (unpaired) electrons. The van der Waals surface area contributed by atoms with Crippen molar-refractivity contribution in [3.8, 4) is 11.5 Å². The third-order valence-corrected chi connectivity index (χ3v) is 7.60. The van der Waals surface area contributed by atoms with Crippen LogP contribution in [0.25, 0.3) is 11.8 Å². The van der Waals surface area contributed by atoms with Crippen molar-refractivity contribution in [2.45, 2.75) is 25.8 Å². The van der Waals surface area contributed by atoms with Crippen molar-refractivity contribution in [3.05, 3.63) is 120 Å². The number of phenolic OH excluding ortho intramolecular Hbond substituents is 1. The molecule has 1 aromatic heterocycles. The van der Waals surface area contributed by atoms with E-state index in [4.69, 9.17) is 9.73 Å². The second-order valence-electron chi connectivity index (χ2n) is 8.83. The van der Waals surface area contributed by atoms with E-state index in [1.807, 2.05) is 25.1 Å². The summed E-state index contributed by atoms with van der Waals surface area (Å²) in [6, 6.07) is 19.3. The highest BCUT2D eigenvalue weighted by Gasteiger charge is 2.32. The molecule has 0 spiro atoms. The summed E-state index contributed by atoms with van der Waals surface area (Å²) in [5, 5.41) is 10.0. The smallest absolute Gasteiger partial charge is 0.271 e. The second-order valence-corrected chi connectivity index (χ2v) is 9.84. The molecule has 4 aromatic rings. The van der Waals surface area contributed by atoms with Crippen LogP contribution in [0.5, 0.6) is 11.5 Å². The average molecular weight is 499 g/mol. The fourth-order valence-electron chi connectivity index (χ4n) is 5.04. The highest BCUT2D eigenvalue weighted by atomic mass is 32.1. The lowest BCUT2D eigenvalue weighted by Crippen LogP contribution is -2.38. The topological polar surface area (TPSA) is 63.8 Å².